The molecular formula is C13H9IN4O7S. The van der Waals surface area contributed by atoms with Crippen molar-refractivity contribution in [2.45, 2.75) is 4.90 Å². The van der Waals surface area contributed by atoms with Gasteiger partial charge in [-0.15, -0.1) is 0 Å². The molecule has 0 aliphatic heterocycles. The number of nitrogens with zero attached hydrogens (tertiary/aromatic N) is 3. The molecule has 26 heavy (non-hydrogen) atoms. The van der Waals surface area contributed by atoms with Gasteiger partial charge in [-0.2, -0.15) is 13.5 Å². The number of aromatic hydroxyl groups is 1. The van der Waals surface area contributed by atoms with Gasteiger partial charge in [0, 0.05) is 27.3 Å². The highest BCUT2D eigenvalue weighted by molar-refractivity contribution is 14.1. The van der Waals surface area contributed by atoms with Crippen LogP contribution >= 0.6 is 22.6 Å². The van der Waals surface area contributed by atoms with E-state index in [9.17, 15) is 33.8 Å². The van der Waals surface area contributed by atoms with Gasteiger partial charge in [0.05, 0.1) is 21.0 Å². The van der Waals surface area contributed by atoms with Crippen LogP contribution < -0.4 is 4.83 Å². The van der Waals surface area contributed by atoms with Gasteiger partial charge in [-0.25, -0.2) is 4.83 Å². The Bertz CT molecular complexity index is 1020. The molecule has 0 bridgehead atoms. The Hall–Kier alpha value is -2.81. The topological polar surface area (TPSA) is 165 Å². The van der Waals surface area contributed by atoms with Crippen LogP contribution in [-0.2, 0) is 10.0 Å². The van der Waals surface area contributed by atoms with Crippen LogP contribution in [0.2, 0.25) is 0 Å². The van der Waals surface area contributed by atoms with E-state index in [-0.39, 0.29) is 10.5 Å². The van der Waals surface area contributed by atoms with Gasteiger partial charge in [-0.3, -0.25) is 20.2 Å². The number of halogens is 1. The van der Waals surface area contributed by atoms with Crippen molar-refractivity contribution >= 4 is 50.2 Å². The number of nitro groups is 2. The van der Waals surface area contributed by atoms with E-state index in [2.05, 4.69) is 5.10 Å². The monoisotopic (exact) mass is 492 g/mol. The Morgan fingerprint density at radius 2 is 1.85 bits per heavy atom. The van der Waals surface area contributed by atoms with Crippen molar-refractivity contribution in [2.24, 2.45) is 5.10 Å². The minimum Gasteiger partial charge on any atom is -0.502 e. The molecule has 2 N–H and O–H groups in total. The largest absolute Gasteiger partial charge is 0.502 e. The van der Waals surface area contributed by atoms with Gasteiger partial charge in [-0.05, 0) is 34.7 Å². The Morgan fingerprint density at radius 3 is 2.46 bits per heavy atom. The molecule has 0 aliphatic rings. The lowest BCUT2D eigenvalue weighted by Gasteiger charge is -2.04. The van der Waals surface area contributed by atoms with E-state index in [1.54, 1.807) is 22.6 Å². The molecule has 0 spiro atoms. The molecule has 0 aromatic heterocycles. The van der Waals surface area contributed by atoms with E-state index in [0.717, 1.165) is 30.5 Å². The number of sulfonamides is 1. The van der Waals surface area contributed by atoms with Crippen LogP contribution in [0.1, 0.15) is 5.56 Å². The summed E-state index contributed by atoms with van der Waals surface area (Å²) >= 11 is 1.79. The van der Waals surface area contributed by atoms with Crippen LogP contribution in [0.15, 0.2) is 46.4 Å². The van der Waals surface area contributed by atoms with E-state index in [4.69, 9.17) is 0 Å². The fraction of sp³-hybridized carbons (Fsp3) is 0. The van der Waals surface area contributed by atoms with Crippen LogP contribution in [-0.4, -0.2) is 29.6 Å². The highest BCUT2D eigenvalue weighted by Gasteiger charge is 2.19. The van der Waals surface area contributed by atoms with Gasteiger partial charge in [0.1, 0.15) is 0 Å². The van der Waals surface area contributed by atoms with Crippen molar-refractivity contribution in [1.29, 1.82) is 0 Å². The maximum absolute atomic E-state index is 12.1. The highest BCUT2D eigenvalue weighted by atomic mass is 127. The van der Waals surface area contributed by atoms with E-state index < -0.39 is 37.0 Å². The van der Waals surface area contributed by atoms with Crippen molar-refractivity contribution < 1.29 is 23.4 Å². The van der Waals surface area contributed by atoms with Gasteiger partial charge >= 0.3 is 5.69 Å². The van der Waals surface area contributed by atoms with Crippen LogP contribution in [0.4, 0.5) is 11.4 Å². The second kappa shape index (κ2) is 7.61. The number of nitrogens with one attached hydrogen (secondary N) is 1. The molecule has 0 saturated carbocycles. The van der Waals surface area contributed by atoms with E-state index in [1.807, 2.05) is 4.83 Å². The van der Waals surface area contributed by atoms with Gasteiger partial charge in [0.15, 0.2) is 0 Å². The Kier molecular flexibility index (Phi) is 5.71. The van der Waals surface area contributed by atoms with Crippen molar-refractivity contribution in [3.05, 3.63) is 65.8 Å². The SMILES string of the molecule is O=[N+]([O-])c1cccc(S(=O)(=O)NN=Cc2cc(I)cc([N+](=O)[O-])c2O)c1. The summed E-state index contributed by atoms with van der Waals surface area (Å²) in [7, 11) is -4.21. The molecule has 0 unspecified atom stereocenters. The molecule has 13 heteroatoms. The Balaban J connectivity index is 2.29. The summed E-state index contributed by atoms with van der Waals surface area (Å²) in [4.78, 5) is 21.5. The molecule has 2 aromatic carbocycles. The number of hydrogen-bond acceptors (Lipinski definition) is 8. The molecule has 11 nitrogen and oxygen atoms in total. The van der Waals surface area contributed by atoms with E-state index >= 15 is 0 Å². The standard InChI is InChI=1S/C13H9IN4O7S/c14-9-4-8(13(19)12(5-9)18(22)23)7-15-16-26(24,25)11-3-1-2-10(6-11)17(20)21/h1-7,16,19H. The van der Waals surface area contributed by atoms with Crippen molar-refractivity contribution in [3.63, 3.8) is 0 Å². The number of phenolic OH excluding ortho intramolecular Hbond substituents is 1. The molecule has 0 radical (unpaired) electrons. The molecule has 136 valence electrons. The van der Waals surface area contributed by atoms with Gasteiger partial charge in [0.25, 0.3) is 15.7 Å². The first kappa shape index (κ1) is 19.5. The third-order valence-electron chi connectivity index (χ3n) is 3.00. The van der Waals surface area contributed by atoms with Gasteiger partial charge in [0.2, 0.25) is 5.75 Å². The fourth-order valence-electron chi connectivity index (χ4n) is 1.83. The average Bonchev–Trinajstić information content (AvgIpc) is 2.57. The average molecular weight is 492 g/mol. The normalized spacial score (nSPS) is 11.4. The number of nitro benzene ring substituents is 2. The van der Waals surface area contributed by atoms with E-state index in [1.165, 1.54) is 12.1 Å². The predicted molar refractivity (Wildman–Crippen MR) is 98.5 cm³/mol. The number of phenols is 1. The number of rotatable bonds is 6. The number of hydrazone groups is 1. The van der Waals surface area contributed by atoms with Crippen LogP contribution in [0, 0.1) is 23.8 Å². The summed E-state index contributed by atoms with van der Waals surface area (Å²) < 4.78 is 24.6. The van der Waals surface area contributed by atoms with Crippen molar-refractivity contribution in [1.82, 2.24) is 4.83 Å². The molecule has 0 heterocycles. The number of hydrogen-bond donors (Lipinski definition) is 2. The molecule has 2 rings (SSSR count). The Labute approximate surface area is 159 Å². The minimum atomic E-state index is -4.21. The van der Waals surface area contributed by atoms with Crippen LogP contribution in [0.5, 0.6) is 5.75 Å². The molecule has 0 saturated heterocycles. The summed E-state index contributed by atoms with van der Waals surface area (Å²) in [5.41, 5.74) is -1.05. The summed E-state index contributed by atoms with van der Waals surface area (Å²) in [5.74, 6) is -0.672. The smallest absolute Gasteiger partial charge is 0.312 e. The second-order valence-corrected chi connectivity index (χ2v) is 7.63. The molecule has 0 atom stereocenters. The maximum Gasteiger partial charge on any atom is 0.312 e. The quantitative estimate of drug-likeness (QED) is 0.270. The van der Waals surface area contributed by atoms with Crippen molar-refractivity contribution in [2.75, 3.05) is 0 Å². The zero-order valence-corrected chi connectivity index (χ0v) is 15.5. The first-order valence-electron chi connectivity index (χ1n) is 6.58. The first-order valence-corrected chi connectivity index (χ1v) is 9.14. The summed E-state index contributed by atoms with van der Waals surface area (Å²) in [6.45, 7) is 0. The third kappa shape index (κ3) is 4.42. The van der Waals surface area contributed by atoms with Gasteiger partial charge in [-0.1, -0.05) is 6.07 Å². The second-order valence-electron chi connectivity index (χ2n) is 4.73. The first-order chi connectivity index (χ1) is 12.1. The molecule has 2 aromatic rings. The Morgan fingerprint density at radius 1 is 1.15 bits per heavy atom. The maximum atomic E-state index is 12.1. The molecule has 0 aliphatic carbocycles. The number of benzene rings is 2. The van der Waals surface area contributed by atoms with E-state index in [0.29, 0.717) is 3.57 Å². The summed E-state index contributed by atoms with van der Waals surface area (Å²) in [6, 6.07) is 6.81. The van der Waals surface area contributed by atoms with Crippen LogP contribution in [0.3, 0.4) is 0 Å². The molecule has 0 fully saturated rings. The lowest BCUT2D eigenvalue weighted by Crippen LogP contribution is -2.18. The van der Waals surface area contributed by atoms with Gasteiger partial charge < -0.3 is 5.11 Å². The lowest BCUT2D eigenvalue weighted by molar-refractivity contribution is -0.386. The predicted octanol–water partition coefficient (Wildman–Crippen LogP) is 2.13. The van der Waals surface area contributed by atoms with Crippen molar-refractivity contribution in [3.8, 4) is 5.75 Å². The zero-order valence-electron chi connectivity index (χ0n) is 12.6. The third-order valence-corrected chi connectivity index (χ3v) is 4.84. The minimum absolute atomic E-state index is 0.0784. The van der Waals surface area contributed by atoms with Crippen LogP contribution in [0.25, 0.3) is 0 Å². The molecule has 0 amide bonds. The zero-order chi connectivity index (χ0) is 19.5. The number of non-ortho nitro benzene ring substituents is 1. The molecular weight excluding hydrogens is 483 g/mol. The lowest BCUT2D eigenvalue weighted by atomic mass is 10.2. The fourth-order valence-corrected chi connectivity index (χ4v) is 3.29. The summed E-state index contributed by atoms with van der Waals surface area (Å²) in [6.07, 6.45) is 0.888. The summed E-state index contributed by atoms with van der Waals surface area (Å²) in [5, 5.41) is 34.9. The highest BCUT2D eigenvalue weighted by Crippen LogP contribution is 2.30.